The zero-order valence-electron chi connectivity index (χ0n) is 9.77. The van der Waals surface area contributed by atoms with E-state index in [2.05, 4.69) is 41.6 Å². The third-order valence-corrected chi connectivity index (χ3v) is 2.62. The van der Waals surface area contributed by atoms with Gasteiger partial charge in [-0.3, -0.25) is 4.68 Å². The molecule has 0 saturated carbocycles. The minimum absolute atomic E-state index is 0.838. The van der Waals surface area contributed by atoms with Gasteiger partial charge in [-0.05, 0) is 25.6 Å². The molecule has 0 fully saturated rings. The number of nitrogens with one attached hydrogen (secondary N) is 1. The maximum absolute atomic E-state index is 4.33. The highest BCUT2D eigenvalue weighted by atomic mass is 15.3. The van der Waals surface area contributed by atoms with Crippen molar-refractivity contribution in [2.24, 2.45) is 0 Å². The fraction of sp³-hybridized carbons (Fsp3) is 0.308. The molecule has 0 aliphatic rings. The Morgan fingerprint density at radius 3 is 2.62 bits per heavy atom. The van der Waals surface area contributed by atoms with E-state index in [9.17, 15) is 0 Å². The Balaban J connectivity index is 2.13. The summed E-state index contributed by atoms with van der Waals surface area (Å²) >= 11 is 0. The highest BCUT2D eigenvalue weighted by Crippen LogP contribution is 2.07. The topological polar surface area (TPSA) is 29.9 Å². The first-order chi connectivity index (χ1) is 7.79. The lowest BCUT2D eigenvalue weighted by Gasteiger charge is -2.07. The zero-order chi connectivity index (χ0) is 11.4. The van der Waals surface area contributed by atoms with E-state index in [4.69, 9.17) is 0 Å². The van der Waals surface area contributed by atoms with Crippen molar-refractivity contribution < 1.29 is 0 Å². The highest BCUT2D eigenvalue weighted by Gasteiger charge is 2.01. The summed E-state index contributed by atoms with van der Waals surface area (Å²) in [5.41, 5.74) is 3.79. The number of hydrogen-bond acceptors (Lipinski definition) is 2. The molecule has 0 atom stereocenters. The van der Waals surface area contributed by atoms with Crippen LogP contribution in [0.1, 0.15) is 16.8 Å². The van der Waals surface area contributed by atoms with Gasteiger partial charge in [0.1, 0.15) is 0 Å². The van der Waals surface area contributed by atoms with E-state index >= 15 is 0 Å². The first kappa shape index (κ1) is 10.9. The lowest BCUT2D eigenvalue weighted by molar-refractivity contribution is 0.622. The van der Waals surface area contributed by atoms with E-state index in [1.54, 1.807) is 0 Å². The van der Waals surface area contributed by atoms with Crippen LogP contribution in [0.4, 0.5) is 0 Å². The van der Waals surface area contributed by atoms with Crippen molar-refractivity contribution >= 4 is 0 Å². The molecule has 0 aliphatic heterocycles. The maximum Gasteiger partial charge on any atom is 0.0663 e. The van der Waals surface area contributed by atoms with Gasteiger partial charge in [0.25, 0.3) is 0 Å². The number of nitrogens with zero attached hydrogens (tertiary/aromatic N) is 2. The first-order valence-electron chi connectivity index (χ1n) is 5.50. The van der Waals surface area contributed by atoms with E-state index < -0.39 is 0 Å². The second-order valence-corrected chi connectivity index (χ2v) is 4.00. The van der Waals surface area contributed by atoms with Gasteiger partial charge in [0.2, 0.25) is 0 Å². The summed E-state index contributed by atoms with van der Waals surface area (Å²) in [4.78, 5) is 0. The van der Waals surface area contributed by atoms with Crippen molar-refractivity contribution in [3.05, 3.63) is 53.3 Å². The van der Waals surface area contributed by atoms with E-state index in [-0.39, 0.29) is 0 Å². The summed E-state index contributed by atoms with van der Waals surface area (Å²) in [5.74, 6) is 0. The van der Waals surface area contributed by atoms with Gasteiger partial charge in [0, 0.05) is 12.7 Å². The molecular formula is C13H17N3. The van der Waals surface area contributed by atoms with Crippen molar-refractivity contribution in [3.8, 4) is 0 Å². The molecular weight excluding hydrogens is 198 g/mol. The smallest absolute Gasteiger partial charge is 0.0663 e. The van der Waals surface area contributed by atoms with E-state index in [0.717, 1.165) is 13.1 Å². The van der Waals surface area contributed by atoms with Crippen LogP contribution in [-0.2, 0) is 13.1 Å². The van der Waals surface area contributed by atoms with Crippen LogP contribution in [0.15, 0.2) is 36.5 Å². The van der Waals surface area contributed by atoms with E-state index in [1.165, 1.54) is 16.8 Å². The summed E-state index contributed by atoms with van der Waals surface area (Å²) in [6.07, 6.45) is 1.85. The Bertz CT molecular complexity index is 442. The van der Waals surface area contributed by atoms with Crippen LogP contribution in [0.25, 0.3) is 0 Å². The van der Waals surface area contributed by atoms with Crippen LogP contribution in [0.5, 0.6) is 0 Å². The molecule has 0 amide bonds. The first-order valence-corrected chi connectivity index (χ1v) is 5.50. The number of benzene rings is 1. The molecule has 1 N–H and O–H groups in total. The summed E-state index contributed by atoms with van der Waals surface area (Å²) in [6.45, 7) is 3.79. The highest BCUT2D eigenvalue weighted by molar-refractivity contribution is 5.21. The van der Waals surface area contributed by atoms with Crippen LogP contribution in [0.2, 0.25) is 0 Å². The fourth-order valence-corrected chi connectivity index (χ4v) is 1.70. The molecule has 3 heteroatoms. The van der Waals surface area contributed by atoms with Gasteiger partial charge in [0.15, 0.2) is 0 Å². The molecule has 1 aromatic heterocycles. The van der Waals surface area contributed by atoms with Gasteiger partial charge in [0.05, 0.1) is 12.2 Å². The molecule has 2 aromatic rings. The van der Waals surface area contributed by atoms with E-state index in [0.29, 0.717) is 0 Å². The average Bonchev–Trinajstić information content (AvgIpc) is 2.70. The fourth-order valence-electron chi connectivity index (χ4n) is 1.70. The Hall–Kier alpha value is -1.61. The molecule has 0 radical (unpaired) electrons. The zero-order valence-corrected chi connectivity index (χ0v) is 9.77. The van der Waals surface area contributed by atoms with Crippen LogP contribution >= 0.6 is 0 Å². The van der Waals surface area contributed by atoms with Gasteiger partial charge in [-0.2, -0.15) is 5.10 Å². The van der Waals surface area contributed by atoms with Crippen LogP contribution < -0.4 is 5.32 Å². The summed E-state index contributed by atoms with van der Waals surface area (Å²) in [6, 6.07) is 10.6. The summed E-state index contributed by atoms with van der Waals surface area (Å²) in [5, 5.41) is 7.47. The van der Waals surface area contributed by atoms with Crippen LogP contribution in [0, 0.1) is 6.92 Å². The summed E-state index contributed by atoms with van der Waals surface area (Å²) in [7, 11) is 1.95. The molecule has 0 saturated heterocycles. The normalized spacial score (nSPS) is 10.6. The number of aryl methyl sites for hydroxylation is 1. The predicted octanol–water partition coefficient (Wildman–Crippen LogP) is 1.96. The predicted molar refractivity (Wildman–Crippen MR) is 65.3 cm³/mol. The summed E-state index contributed by atoms with van der Waals surface area (Å²) < 4.78 is 2.03. The molecule has 0 spiro atoms. The van der Waals surface area contributed by atoms with Gasteiger partial charge in [-0.25, -0.2) is 0 Å². The third kappa shape index (κ3) is 2.49. The lowest BCUT2D eigenvalue weighted by atomic mass is 10.1. The molecule has 84 valence electrons. The van der Waals surface area contributed by atoms with Crippen molar-refractivity contribution in [3.63, 3.8) is 0 Å². The Morgan fingerprint density at radius 1 is 1.19 bits per heavy atom. The molecule has 1 heterocycles. The Labute approximate surface area is 96.1 Å². The second-order valence-electron chi connectivity index (χ2n) is 4.00. The molecule has 0 bridgehead atoms. The van der Waals surface area contributed by atoms with Gasteiger partial charge in [-0.15, -0.1) is 0 Å². The van der Waals surface area contributed by atoms with Crippen molar-refractivity contribution in [1.82, 2.24) is 15.1 Å². The molecule has 1 aromatic carbocycles. The van der Waals surface area contributed by atoms with Crippen molar-refractivity contribution in [1.29, 1.82) is 0 Å². The van der Waals surface area contributed by atoms with Gasteiger partial charge >= 0.3 is 0 Å². The molecule has 16 heavy (non-hydrogen) atoms. The lowest BCUT2D eigenvalue weighted by Crippen LogP contribution is -2.12. The second kappa shape index (κ2) is 4.94. The minimum atomic E-state index is 0.838. The largest absolute Gasteiger partial charge is 0.314 e. The number of rotatable bonds is 4. The third-order valence-electron chi connectivity index (χ3n) is 2.62. The SMILES string of the molecule is CNCc1ccnn1Cc1ccc(C)cc1. The number of aromatic nitrogens is 2. The molecule has 0 aliphatic carbocycles. The molecule has 2 rings (SSSR count). The van der Waals surface area contributed by atoms with E-state index in [1.807, 2.05) is 24.0 Å². The average molecular weight is 215 g/mol. The van der Waals surface area contributed by atoms with Crippen molar-refractivity contribution in [2.45, 2.75) is 20.0 Å². The van der Waals surface area contributed by atoms with Gasteiger partial charge < -0.3 is 5.32 Å². The quantitative estimate of drug-likeness (QED) is 0.845. The van der Waals surface area contributed by atoms with Gasteiger partial charge in [-0.1, -0.05) is 29.8 Å². The Kier molecular flexibility index (Phi) is 3.37. The molecule has 3 nitrogen and oxygen atoms in total. The van der Waals surface area contributed by atoms with Crippen molar-refractivity contribution in [2.75, 3.05) is 7.05 Å². The Morgan fingerprint density at radius 2 is 1.94 bits per heavy atom. The maximum atomic E-state index is 4.33. The minimum Gasteiger partial charge on any atom is -0.314 e. The van der Waals surface area contributed by atoms with Crippen LogP contribution in [-0.4, -0.2) is 16.8 Å². The molecule has 0 unspecified atom stereocenters. The standard InChI is InChI=1S/C13H17N3/c1-11-3-5-12(6-4-11)10-16-13(9-14-2)7-8-15-16/h3-8,14H,9-10H2,1-2H3. The monoisotopic (exact) mass is 215 g/mol. The number of hydrogen-bond donors (Lipinski definition) is 1. The van der Waals surface area contributed by atoms with Crippen LogP contribution in [0.3, 0.4) is 0 Å².